The monoisotopic (exact) mass is 594 g/mol. The van der Waals surface area contributed by atoms with Gasteiger partial charge in [0, 0.05) is 17.7 Å². The van der Waals surface area contributed by atoms with Gasteiger partial charge in [-0.1, -0.05) is 0 Å². The van der Waals surface area contributed by atoms with Gasteiger partial charge >= 0.3 is 0 Å². The van der Waals surface area contributed by atoms with Crippen molar-refractivity contribution in [2.24, 2.45) is 0 Å². The Hall–Kier alpha value is -3.35. The van der Waals surface area contributed by atoms with Crippen LogP contribution in [0.2, 0.25) is 0 Å². The minimum Gasteiger partial charge on any atom is -0.508 e. The summed E-state index contributed by atoms with van der Waals surface area (Å²) in [5.74, 6) is -1.42. The quantitative estimate of drug-likeness (QED) is 0.147. The van der Waals surface area contributed by atoms with Gasteiger partial charge in [0.1, 0.15) is 83.3 Å². The van der Waals surface area contributed by atoms with E-state index in [-0.39, 0.29) is 22.5 Å². The van der Waals surface area contributed by atoms with E-state index in [1.165, 1.54) is 24.3 Å². The minimum atomic E-state index is -1.94. The van der Waals surface area contributed by atoms with Gasteiger partial charge in [-0.3, -0.25) is 4.79 Å². The highest BCUT2D eigenvalue weighted by Crippen LogP contribution is 2.44. The summed E-state index contributed by atoms with van der Waals surface area (Å²) in [5.41, 5.74) is -1.14. The Bertz CT molecular complexity index is 1470. The van der Waals surface area contributed by atoms with E-state index in [2.05, 4.69) is 0 Å². The van der Waals surface area contributed by atoms with Gasteiger partial charge < -0.3 is 69.7 Å². The molecule has 0 radical (unpaired) electrons. The number of fused-ring (bicyclic) bond motifs is 1. The van der Waals surface area contributed by atoms with Gasteiger partial charge in [-0.05, 0) is 24.3 Å². The Labute approximate surface area is 236 Å². The van der Waals surface area contributed by atoms with Crippen molar-refractivity contribution >= 4 is 11.0 Å². The van der Waals surface area contributed by atoms with E-state index in [0.29, 0.717) is 5.56 Å². The van der Waals surface area contributed by atoms with Gasteiger partial charge in [0.05, 0.1) is 18.8 Å². The fraction of sp³-hybridized carbons (Fsp3) is 0.444. The molecule has 0 bridgehead atoms. The summed E-state index contributed by atoms with van der Waals surface area (Å²) in [6.45, 7) is -1.60. The standard InChI is InChI=1S/C27H30O15/c28-7-15-19(34)20(35)23(38)27(41-15)42-24-16(8-29)40-26(22(37)21(24)36)18-12(32)5-11(31)17-13(33)6-14(39-25(17)18)9-1-3-10(30)4-2-9/h1-6,15-16,19-24,26-32,34-38H,7-8H2/t15-,16-,19-,20+,21-,22-,23-,24-,26-,27-/m1/s1. The molecule has 228 valence electrons. The number of ether oxygens (including phenoxy) is 3. The summed E-state index contributed by atoms with van der Waals surface area (Å²) in [5, 5.41) is 103. The van der Waals surface area contributed by atoms with Gasteiger partial charge in [0.15, 0.2) is 17.3 Å². The molecular weight excluding hydrogens is 564 g/mol. The van der Waals surface area contributed by atoms with Crippen molar-refractivity contribution in [3.63, 3.8) is 0 Å². The molecule has 42 heavy (non-hydrogen) atoms. The van der Waals surface area contributed by atoms with Gasteiger partial charge in [0.2, 0.25) is 0 Å². The molecule has 5 rings (SSSR count). The summed E-state index contributed by atoms with van der Waals surface area (Å²) >= 11 is 0. The number of aromatic hydroxyl groups is 3. The fourth-order valence-corrected chi connectivity index (χ4v) is 5.19. The number of hydrogen-bond acceptors (Lipinski definition) is 15. The Morgan fingerprint density at radius 2 is 1.40 bits per heavy atom. The molecule has 2 fully saturated rings. The highest BCUT2D eigenvalue weighted by atomic mass is 16.7. The second-order valence-electron chi connectivity index (χ2n) is 10.1. The van der Waals surface area contributed by atoms with Crippen LogP contribution in [0.15, 0.2) is 45.6 Å². The highest BCUT2D eigenvalue weighted by Gasteiger charge is 2.51. The zero-order chi connectivity index (χ0) is 30.5. The summed E-state index contributed by atoms with van der Waals surface area (Å²) in [6.07, 6.45) is -17.1. The zero-order valence-corrected chi connectivity index (χ0v) is 21.7. The molecule has 2 aliphatic rings. The summed E-state index contributed by atoms with van der Waals surface area (Å²) in [7, 11) is 0. The summed E-state index contributed by atoms with van der Waals surface area (Å²) in [6, 6.07) is 7.46. The third-order valence-electron chi connectivity index (χ3n) is 7.44. The SMILES string of the molecule is O=c1cc(-c2ccc(O)cc2)oc2c([C@H]3O[C@H](CO)[C@@H](O[C@H]4O[C@H](CO)[C@@H](O)[C@H](O)[C@H]4O)[C@H](O)[C@H]3O)c(O)cc(O)c12. The number of hydrogen-bond donors (Lipinski definition) is 10. The maximum Gasteiger partial charge on any atom is 0.197 e. The maximum atomic E-state index is 13.0. The lowest BCUT2D eigenvalue weighted by Gasteiger charge is -2.46. The maximum absolute atomic E-state index is 13.0. The Kier molecular flexibility index (Phi) is 8.41. The number of benzene rings is 2. The van der Waals surface area contributed by atoms with E-state index in [9.17, 15) is 55.9 Å². The topological polar surface area (TPSA) is 260 Å². The van der Waals surface area contributed by atoms with Crippen LogP contribution in [0.25, 0.3) is 22.3 Å². The zero-order valence-electron chi connectivity index (χ0n) is 21.7. The van der Waals surface area contributed by atoms with E-state index in [4.69, 9.17) is 18.6 Å². The molecule has 10 atom stereocenters. The van der Waals surface area contributed by atoms with Crippen molar-refractivity contribution in [3.8, 4) is 28.6 Å². The van der Waals surface area contributed by atoms with Gasteiger partial charge in [-0.2, -0.15) is 0 Å². The minimum absolute atomic E-state index is 0.0351. The molecule has 3 heterocycles. The smallest absolute Gasteiger partial charge is 0.197 e. The lowest BCUT2D eigenvalue weighted by molar-refractivity contribution is -0.342. The first-order chi connectivity index (χ1) is 20.0. The van der Waals surface area contributed by atoms with Gasteiger partial charge in [0.25, 0.3) is 0 Å². The predicted molar refractivity (Wildman–Crippen MR) is 138 cm³/mol. The third-order valence-corrected chi connectivity index (χ3v) is 7.44. The van der Waals surface area contributed by atoms with Crippen molar-refractivity contribution in [1.29, 1.82) is 0 Å². The predicted octanol–water partition coefficient (Wildman–Crippen LogP) is -2.08. The lowest BCUT2D eigenvalue weighted by Crippen LogP contribution is -2.63. The van der Waals surface area contributed by atoms with Crippen LogP contribution >= 0.6 is 0 Å². The Balaban J connectivity index is 1.53. The molecule has 0 amide bonds. The number of aliphatic hydroxyl groups excluding tert-OH is 7. The van der Waals surface area contributed by atoms with Crippen molar-refractivity contribution < 1.29 is 69.7 Å². The van der Waals surface area contributed by atoms with Crippen LogP contribution in [-0.2, 0) is 14.2 Å². The summed E-state index contributed by atoms with van der Waals surface area (Å²) in [4.78, 5) is 13.0. The molecule has 3 aromatic rings. The molecule has 0 unspecified atom stereocenters. The van der Waals surface area contributed by atoms with Gasteiger partial charge in [-0.25, -0.2) is 0 Å². The van der Waals surface area contributed by atoms with Crippen LogP contribution in [0, 0.1) is 0 Å². The molecule has 15 heteroatoms. The number of rotatable bonds is 6. The van der Waals surface area contributed by atoms with Crippen LogP contribution in [-0.4, -0.2) is 119 Å². The van der Waals surface area contributed by atoms with Crippen molar-refractivity contribution in [2.45, 2.75) is 61.2 Å². The van der Waals surface area contributed by atoms with E-state index >= 15 is 0 Å². The lowest BCUT2D eigenvalue weighted by atomic mass is 9.89. The number of phenolic OH excluding ortho intramolecular Hbond substituents is 3. The average molecular weight is 595 g/mol. The summed E-state index contributed by atoms with van der Waals surface area (Å²) < 4.78 is 22.5. The third kappa shape index (κ3) is 5.20. The molecule has 15 nitrogen and oxygen atoms in total. The van der Waals surface area contributed by atoms with E-state index in [1.54, 1.807) is 0 Å². The molecule has 0 saturated carbocycles. The second kappa shape index (κ2) is 11.7. The molecule has 2 aliphatic heterocycles. The van der Waals surface area contributed by atoms with Gasteiger partial charge in [-0.15, -0.1) is 0 Å². The van der Waals surface area contributed by atoms with Crippen LogP contribution in [0.4, 0.5) is 0 Å². The largest absolute Gasteiger partial charge is 0.508 e. The van der Waals surface area contributed by atoms with Crippen molar-refractivity contribution in [3.05, 3.63) is 52.2 Å². The number of phenols is 3. The Morgan fingerprint density at radius 3 is 2.05 bits per heavy atom. The first-order valence-electron chi connectivity index (χ1n) is 12.9. The Morgan fingerprint density at radius 1 is 0.738 bits per heavy atom. The molecule has 0 spiro atoms. The van der Waals surface area contributed by atoms with E-state index in [0.717, 1.165) is 12.1 Å². The second-order valence-corrected chi connectivity index (χ2v) is 10.1. The van der Waals surface area contributed by atoms with Crippen molar-refractivity contribution in [1.82, 2.24) is 0 Å². The van der Waals surface area contributed by atoms with Crippen LogP contribution in [0.1, 0.15) is 11.7 Å². The molecule has 2 aromatic carbocycles. The first-order valence-corrected chi connectivity index (χ1v) is 12.9. The fourth-order valence-electron chi connectivity index (χ4n) is 5.19. The molecule has 0 aliphatic carbocycles. The normalized spacial score (nSPS) is 33.6. The van der Waals surface area contributed by atoms with E-state index in [1.807, 2.05) is 0 Å². The molecule has 1 aromatic heterocycles. The van der Waals surface area contributed by atoms with E-state index < -0.39 is 97.0 Å². The average Bonchev–Trinajstić information content (AvgIpc) is 2.96. The van der Waals surface area contributed by atoms with Crippen LogP contribution in [0.5, 0.6) is 17.2 Å². The molecular formula is C27H30O15. The first kappa shape index (κ1) is 30.1. The van der Waals surface area contributed by atoms with Crippen LogP contribution in [0.3, 0.4) is 0 Å². The number of aliphatic hydroxyl groups is 7. The van der Waals surface area contributed by atoms with Crippen LogP contribution < -0.4 is 5.43 Å². The molecule has 2 saturated heterocycles. The molecule has 10 N–H and O–H groups in total. The highest BCUT2D eigenvalue weighted by molar-refractivity contribution is 5.89. The van der Waals surface area contributed by atoms with Crippen molar-refractivity contribution in [2.75, 3.05) is 13.2 Å².